The smallest absolute Gasteiger partial charge is 0.0931 e. The van der Waals surface area contributed by atoms with Crippen LogP contribution in [0.5, 0.6) is 0 Å². The lowest BCUT2D eigenvalue weighted by molar-refractivity contribution is 0.247. The van der Waals surface area contributed by atoms with E-state index < -0.39 is 0 Å². The standard InChI is InChI=1S/C12H14N2O/c1-8-5-12(8,6-15)9-2-3-10-11(4-9)14-7-13-10/h2-4,7-8,15H,5-6H2,1H3,(H,13,14). The largest absolute Gasteiger partial charge is 0.395 e. The molecule has 0 aliphatic heterocycles. The van der Waals surface area contributed by atoms with Crippen molar-refractivity contribution in [2.45, 2.75) is 18.8 Å². The first-order chi connectivity index (χ1) is 7.26. The van der Waals surface area contributed by atoms with Gasteiger partial charge in [-0.1, -0.05) is 13.0 Å². The molecule has 0 amide bonds. The molecule has 2 atom stereocenters. The average Bonchev–Trinajstić information content (AvgIpc) is 2.74. The molecule has 0 bridgehead atoms. The minimum Gasteiger partial charge on any atom is -0.395 e. The van der Waals surface area contributed by atoms with Crippen LogP contribution >= 0.6 is 0 Å². The minimum atomic E-state index is 0.0132. The van der Waals surface area contributed by atoms with Crippen LogP contribution in [0.3, 0.4) is 0 Å². The number of imidazole rings is 1. The predicted octanol–water partition coefficient (Wildman–Crippen LogP) is 1.83. The molecular weight excluding hydrogens is 188 g/mol. The van der Waals surface area contributed by atoms with Crippen molar-refractivity contribution in [2.75, 3.05) is 6.61 Å². The molecule has 0 saturated heterocycles. The van der Waals surface area contributed by atoms with Gasteiger partial charge in [-0.3, -0.25) is 0 Å². The van der Waals surface area contributed by atoms with E-state index in [1.165, 1.54) is 5.56 Å². The summed E-state index contributed by atoms with van der Waals surface area (Å²) in [6.07, 6.45) is 2.79. The first kappa shape index (κ1) is 8.92. The van der Waals surface area contributed by atoms with Crippen molar-refractivity contribution in [1.29, 1.82) is 0 Å². The SMILES string of the molecule is CC1CC1(CO)c1ccc2nc[nH]c2c1. The van der Waals surface area contributed by atoms with Crippen LogP contribution in [0.25, 0.3) is 11.0 Å². The van der Waals surface area contributed by atoms with Crippen LogP contribution in [0, 0.1) is 5.92 Å². The Bertz CT molecular complexity index is 501. The Hall–Kier alpha value is -1.35. The predicted molar refractivity (Wildman–Crippen MR) is 58.6 cm³/mol. The summed E-state index contributed by atoms with van der Waals surface area (Å²) in [7, 11) is 0. The summed E-state index contributed by atoms with van der Waals surface area (Å²) in [6, 6.07) is 6.22. The summed E-state index contributed by atoms with van der Waals surface area (Å²) < 4.78 is 0. The maximum absolute atomic E-state index is 9.48. The molecule has 1 heterocycles. The number of rotatable bonds is 2. The van der Waals surface area contributed by atoms with Crippen molar-refractivity contribution >= 4 is 11.0 Å². The number of fused-ring (bicyclic) bond motifs is 1. The Kier molecular flexibility index (Phi) is 1.68. The van der Waals surface area contributed by atoms with Gasteiger partial charge in [-0.15, -0.1) is 0 Å². The van der Waals surface area contributed by atoms with Crippen molar-refractivity contribution in [3.8, 4) is 0 Å². The van der Waals surface area contributed by atoms with E-state index in [1.54, 1.807) is 6.33 Å². The molecule has 2 N–H and O–H groups in total. The molecule has 0 radical (unpaired) electrons. The third-order valence-electron chi connectivity index (χ3n) is 3.73. The third-order valence-corrected chi connectivity index (χ3v) is 3.73. The molecule has 78 valence electrons. The Morgan fingerprint density at radius 1 is 1.60 bits per heavy atom. The number of aliphatic hydroxyl groups is 1. The van der Waals surface area contributed by atoms with Crippen LogP contribution in [-0.2, 0) is 5.41 Å². The van der Waals surface area contributed by atoms with E-state index >= 15 is 0 Å². The summed E-state index contributed by atoms with van der Waals surface area (Å²) in [6.45, 7) is 2.43. The van der Waals surface area contributed by atoms with Gasteiger partial charge in [-0.2, -0.15) is 0 Å². The van der Waals surface area contributed by atoms with Crippen molar-refractivity contribution in [1.82, 2.24) is 9.97 Å². The van der Waals surface area contributed by atoms with Gasteiger partial charge in [0, 0.05) is 5.41 Å². The lowest BCUT2D eigenvalue weighted by Gasteiger charge is -2.13. The summed E-state index contributed by atoms with van der Waals surface area (Å²) in [5, 5.41) is 9.48. The van der Waals surface area contributed by atoms with E-state index in [1.807, 2.05) is 6.07 Å². The maximum atomic E-state index is 9.48. The minimum absolute atomic E-state index is 0.0132. The van der Waals surface area contributed by atoms with Crippen LogP contribution in [0.2, 0.25) is 0 Å². The Labute approximate surface area is 88.2 Å². The van der Waals surface area contributed by atoms with Crippen LogP contribution in [0.1, 0.15) is 18.9 Å². The highest BCUT2D eigenvalue weighted by Crippen LogP contribution is 2.53. The van der Waals surface area contributed by atoms with Crippen LogP contribution in [0.15, 0.2) is 24.5 Å². The van der Waals surface area contributed by atoms with Crippen molar-refractivity contribution < 1.29 is 5.11 Å². The third kappa shape index (κ3) is 1.13. The van der Waals surface area contributed by atoms with Gasteiger partial charge in [0.2, 0.25) is 0 Å². The van der Waals surface area contributed by atoms with Gasteiger partial charge >= 0.3 is 0 Å². The van der Waals surface area contributed by atoms with Gasteiger partial charge in [0.15, 0.2) is 0 Å². The molecule has 3 nitrogen and oxygen atoms in total. The molecule has 1 aliphatic carbocycles. The average molecular weight is 202 g/mol. The fourth-order valence-electron chi connectivity index (χ4n) is 2.45. The van der Waals surface area contributed by atoms with E-state index in [2.05, 4.69) is 29.0 Å². The number of nitrogens with one attached hydrogen (secondary N) is 1. The molecule has 1 saturated carbocycles. The molecule has 1 aromatic carbocycles. The molecule has 3 heteroatoms. The van der Waals surface area contributed by atoms with E-state index in [4.69, 9.17) is 0 Å². The van der Waals surface area contributed by atoms with E-state index in [9.17, 15) is 5.11 Å². The number of nitrogens with zero attached hydrogens (tertiary/aromatic N) is 1. The van der Waals surface area contributed by atoms with E-state index in [0.29, 0.717) is 5.92 Å². The zero-order valence-corrected chi connectivity index (χ0v) is 8.70. The number of H-pyrrole nitrogens is 1. The summed E-state index contributed by atoms with van der Waals surface area (Å²) in [5.74, 6) is 0.586. The molecule has 2 unspecified atom stereocenters. The maximum Gasteiger partial charge on any atom is 0.0931 e. The zero-order valence-electron chi connectivity index (χ0n) is 8.70. The van der Waals surface area contributed by atoms with Crippen molar-refractivity contribution in [3.05, 3.63) is 30.1 Å². The summed E-state index contributed by atoms with van der Waals surface area (Å²) >= 11 is 0. The highest BCUT2D eigenvalue weighted by atomic mass is 16.3. The molecule has 1 aliphatic rings. The molecule has 2 aromatic rings. The van der Waals surface area contributed by atoms with Crippen LogP contribution in [-0.4, -0.2) is 21.7 Å². The second-order valence-electron chi connectivity index (χ2n) is 4.55. The van der Waals surface area contributed by atoms with Crippen molar-refractivity contribution in [3.63, 3.8) is 0 Å². The van der Waals surface area contributed by atoms with Crippen LogP contribution in [0.4, 0.5) is 0 Å². The number of benzene rings is 1. The lowest BCUT2D eigenvalue weighted by atomic mass is 9.94. The number of hydrogen-bond acceptors (Lipinski definition) is 2. The van der Waals surface area contributed by atoms with E-state index in [0.717, 1.165) is 17.5 Å². The molecule has 1 fully saturated rings. The van der Waals surface area contributed by atoms with Gasteiger partial charge in [0.1, 0.15) is 0 Å². The Balaban J connectivity index is 2.11. The second-order valence-corrected chi connectivity index (χ2v) is 4.55. The first-order valence-electron chi connectivity index (χ1n) is 5.31. The zero-order chi connectivity index (χ0) is 10.5. The fourth-order valence-corrected chi connectivity index (χ4v) is 2.45. The van der Waals surface area contributed by atoms with Crippen molar-refractivity contribution in [2.24, 2.45) is 5.92 Å². The number of aliphatic hydroxyl groups excluding tert-OH is 1. The lowest BCUT2D eigenvalue weighted by Crippen LogP contribution is -2.14. The monoisotopic (exact) mass is 202 g/mol. The van der Waals surface area contributed by atoms with Gasteiger partial charge < -0.3 is 10.1 Å². The molecule has 0 spiro atoms. The summed E-state index contributed by atoms with van der Waals surface area (Å²) in [4.78, 5) is 7.30. The number of aromatic nitrogens is 2. The molecule has 3 rings (SSSR count). The van der Waals surface area contributed by atoms with Gasteiger partial charge in [0.05, 0.1) is 24.0 Å². The van der Waals surface area contributed by atoms with E-state index in [-0.39, 0.29) is 12.0 Å². The molecule has 15 heavy (non-hydrogen) atoms. The topological polar surface area (TPSA) is 48.9 Å². The quantitative estimate of drug-likeness (QED) is 0.780. The molecular formula is C12H14N2O. The normalized spacial score (nSPS) is 29.6. The second kappa shape index (κ2) is 2.83. The highest BCUT2D eigenvalue weighted by molar-refractivity contribution is 5.75. The Morgan fingerprint density at radius 2 is 2.40 bits per heavy atom. The highest BCUT2D eigenvalue weighted by Gasteiger charge is 2.51. The number of hydrogen-bond donors (Lipinski definition) is 2. The molecule has 1 aromatic heterocycles. The summed E-state index contributed by atoms with van der Waals surface area (Å²) in [5.41, 5.74) is 3.29. The Morgan fingerprint density at radius 3 is 3.07 bits per heavy atom. The van der Waals surface area contributed by atoms with Gasteiger partial charge in [0.25, 0.3) is 0 Å². The van der Waals surface area contributed by atoms with Gasteiger partial charge in [-0.25, -0.2) is 4.98 Å². The van der Waals surface area contributed by atoms with Gasteiger partial charge in [-0.05, 0) is 30.0 Å². The first-order valence-corrected chi connectivity index (χ1v) is 5.31. The van der Waals surface area contributed by atoms with Crippen LogP contribution < -0.4 is 0 Å². The fraction of sp³-hybridized carbons (Fsp3) is 0.417. The number of aromatic amines is 1.